The van der Waals surface area contributed by atoms with Crippen molar-refractivity contribution in [3.8, 4) is 5.75 Å². The van der Waals surface area contributed by atoms with Crippen molar-refractivity contribution in [3.05, 3.63) is 23.8 Å². The summed E-state index contributed by atoms with van der Waals surface area (Å²) in [5.74, 6) is 1.12. The van der Waals surface area contributed by atoms with Gasteiger partial charge in [0, 0.05) is 6.42 Å². The molecule has 0 saturated carbocycles. The summed E-state index contributed by atoms with van der Waals surface area (Å²) in [6.07, 6.45) is 2.13. The second-order valence-electron chi connectivity index (χ2n) is 4.15. The molecule has 0 fully saturated rings. The Morgan fingerprint density at radius 3 is 2.92 bits per heavy atom. The minimum atomic E-state index is 0.0362. The van der Waals surface area contributed by atoms with E-state index in [9.17, 15) is 0 Å². The van der Waals surface area contributed by atoms with Gasteiger partial charge in [-0.2, -0.15) is 0 Å². The first-order chi connectivity index (χ1) is 6.14. The Labute approximate surface area is 80.5 Å². The van der Waals surface area contributed by atoms with Gasteiger partial charge in [-0.15, -0.1) is 0 Å². The number of benzene rings is 1. The maximum absolute atomic E-state index is 5.97. The van der Waals surface area contributed by atoms with E-state index in [1.807, 2.05) is 0 Å². The normalized spacial score (nSPS) is 25.4. The first-order valence-corrected chi connectivity index (χ1v) is 4.92. The molecule has 1 heterocycles. The van der Waals surface area contributed by atoms with Crippen LogP contribution in [0.2, 0.25) is 0 Å². The lowest BCUT2D eigenvalue weighted by molar-refractivity contribution is 0.113. The summed E-state index contributed by atoms with van der Waals surface area (Å²) >= 11 is 0. The molecule has 2 heteroatoms. The van der Waals surface area contributed by atoms with Gasteiger partial charge < -0.3 is 4.74 Å². The molecule has 0 aliphatic carbocycles. The van der Waals surface area contributed by atoms with Gasteiger partial charge >= 0.3 is 0 Å². The Morgan fingerprint density at radius 1 is 1.54 bits per heavy atom. The molecule has 0 bridgehead atoms. The average molecular weight is 174 g/mol. The number of hydrogen-bond donors (Lipinski definition) is 0. The Morgan fingerprint density at radius 2 is 2.31 bits per heavy atom. The minimum Gasteiger partial charge on any atom is -0.488 e. The van der Waals surface area contributed by atoms with Gasteiger partial charge in [-0.25, -0.2) is 0 Å². The quantitative estimate of drug-likeness (QED) is 0.578. The maximum atomic E-state index is 5.97. The Bertz CT molecular complexity index is 335. The first-order valence-electron chi connectivity index (χ1n) is 4.92. The lowest BCUT2D eigenvalue weighted by Crippen LogP contribution is -2.29. The fourth-order valence-electron chi connectivity index (χ4n) is 1.88. The summed E-state index contributed by atoms with van der Waals surface area (Å²) in [6.45, 7) is 4.37. The van der Waals surface area contributed by atoms with Crippen LogP contribution in [-0.4, -0.2) is 13.4 Å². The molecule has 68 valence electrons. The molecule has 1 unspecified atom stereocenters. The topological polar surface area (TPSA) is 9.23 Å². The molecule has 2 rings (SSSR count). The Hall–Kier alpha value is -0.915. The van der Waals surface area contributed by atoms with Crippen molar-refractivity contribution in [1.82, 2.24) is 0 Å². The molecule has 0 aromatic heterocycles. The number of para-hydroxylation sites is 1. The Balaban J connectivity index is 2.40. The van der Waals surface area contributed by atoms with E-state index in [0.29, 0.717) is 0 Å². The summed E-state index contributed by atoms with van der Waals surface area (Å²) < 4.78 is 5.97. The second kappa shape index (κ2) is 2.79. The van der Waals surface area contributed by atoms with E-state index in [-0.39, 0.29) is 5.60 Å². The van der Waals surface area contributed by atoms with Gasteiger partial charge in [-0.1, -0.05) is 25.1 Å². The van der Waals surface area contributed by atoms with Crippen LogP contribution >= 0.6 is 0 Å². The van der Waals surface area contributed by atoms with E-state index in [0.717, 1.165) is 18.6 Å². The van der Waals surface area contributed by atoms with E-state index in [2.05, 4.69) is 39.9 Å². The van der Waals surface area contributed by atoms with Crippen LogP contribution in [-0.2, 0) is 6.42 Å². The first kappa shape index (κ1) is 8.67. The number of ether oxygens (including phenoxy) is 1. The van der Waals surface area contributed by atoms with Crippen LogP contribution in [0.3, 0.4) is 0 Å². The van der Waals surface area contributed by atoms with Crippen LogP contribution in [0.1, 0.15) is 25.8 Å². The van der Waals surface area contributed by atoms with E-state index in [1.165, 1.54) is 11.0 Å². The van der Waals surface area contributed by atoms with Crippen molar-refractivity contribution in [3.63, 3.8) is 0 Å². The SMILES string of the molecule is Bc1cccc2c1OC(C)(CC)C2. The van der Waals surface area contributed by atoms with E-state index >= 15 is 0 Å². The van der Waals surface area contributed by atoms with Crippen molar-refractivity contribution in [2.75, 3.05) is 0 Å². The summed E-state index contributed by atoms with van der Waals surface area (Å²) in [5.41, 5.74) is 2.66. The fourth-order valence-corrected chi connectivity index (χ4v) is 1.88. The second-order valence-corrected chi connectivity index (χ2v) is 4.15. The third-order valence-corrected chi connectivity index (χ3v) is 2.95. The van der Waals surface area contributed by atoms with Crippen LogP contribution in [0.4, 0.5) is 0 Å². The molecule has 0 amide bonds. The van der Waals surface area contributed by atoms with Crippen molar-refractivity contribution < 1.29 is 4.74 Å². The molecule has 0 saturated heterocycles. The highest BCUT2D eigenvalue weighted by Crippen LogP contribution is 2.34. The lowest BCUT2D eigenvalue weighted by Gasteiger charge is -2.22. The van der Waals surface area contributed by atoms with Crippen molar-refractivity contribution in [1.29, 1.82) is 0 Å². The van der Waals surface area contributed by atoms with Crippen LogP contribution in [0.5, 0.6) is 5.75 Å². The third-order valence-electron chi connectivity index (χ3n) is 2.95. The molecule has 1 atom stereocenters. The molecule has 1 nitrogen and oxygen atoms in total. The Kier molecular flexibility index (Phi) is 1.86. The van der Waals surface area contributed by atoms with E-state index < -0.39 is 0 Å². The van der Waals surface area contributed by atoms with Gasteiger partial charge in [-0.05, 0) is 24.4 Å². The molecule has 0 spiro atoms. The van der Waals surface area contributed by atoms with Gasteiger partial charge in [0.25, 0.3) is 0 Å². The number of hydrogen-bond acceptors (Lipinski definition) is 1. The molecule has 0 radical (unpaired) electrons. The van der Waals surface area contributed by atoms with Crippen LogP contribution in [0, 0.1) is 0 Å². The largest absolute Gasteiger partial charge is 0.488 e. The average Bonchev–Trinajstić information content (AvgIpc) is 2.45. The predicted molar refractivity (Wildman–Crippen MR) is 57.6 cm³/mol. The smallest absolute Gasteiger partial charge is 0.144 e. The molecule has 1 aliphatic rings. The zero-order valence-electron chi connectivity index (χ0n) is 8.55. The van der Waals surface area contributed by atoms with Crippen LogP contribution in [0.25, 0.3) is 0 Å². The van der Waals surface area contributed by atoms with Gasteiger partial charge in [0.2, 0.25) is 0 Å². The van der Waals surface area contributed by atoms with Crippen molar-refractivity contribution in [2.45, 2.75) is 32.3 Å². The number of fused-ring (bicyclic) bond motifs is 1. The standard InChI is InChI=1S/C11H15BO/c1-3-11(2)7-8-5-4-6-9(12)10(8)13-11/h4-6H,3,7,12H2,1-2H3. The third kappa shape index (κ3) is 1.34. The summed E-state index contributed by atoms with van der Waals surface area (Å²) in [4.78, 5) is 0. The summed E-state index contributed by atoms with van der Waals surface area (Å²) in [7, 11) is 2.11. The zero-order valence-corrected chi connectivity index (χ0v) is 8.55. The maximum Gasteiger partial charge on any atom is 0.144 e. The highest BCUT2D eigenvalue weighted by molar-refractivity contribution is 6.34. The molecule has 1 aliphatic heterocycles. The van der Waals surface area contributed by atoms with Crippen LogP contribution in [0.15, 0.2) is 18.2 Å². The monoisotopic (exact) mass is 174 g/mol. The lowest BCUT2D eigenvalue weighted by atomic mass is 9.91. The predicted octanol–water partition coefficient (Wildman–Crippen LogP) is 1.05. The molecule has 0 N–H and O–H groups in total. The van der Waals surface area contributed by atoms with Gasteiger partial charge in [-0.3, -0.25) is 0 Å². The van der Waals surface area contributed by atoms with E-state index in [4.69, 9.17) is 4.74 Å². The highest BCUT2D eigenvalue weighted by Gasteiger charge is 2.33. The minimum absolute atomic E-state index is 0.0362. The van der Waals surface area contributed by atoms with Gasteiger partial charge in [0.15, 0.2) is 0 Å². The summed E-state index contributed by atoms with van der Waals surface area (Å²) in [6, 6.07) is 6.39. The molecule has 1 aromatic carbocycles. The number of rotatable bonds is 1. The molecule has 13 heavy (non-hydrogen) atoms. The molecular formula is C11H15BO. The van der Waals surface area contributed by atoms with E-state index in [1.54, 1.807) is 0 Å². The fraction of sp³-hybridized carbons (Fsp3) is 0.455. The molecular weight excluding hydrogens is 159 g/mol. The van der Waals surface area contributed by atoms with Crippen LogP contribution < -0.4 is 10.2 Å². The van der Waals surface area contributed by atoms with Gasteiger partial charge in [0.1, 0.15) is 19.2 Å². The van der Waals surface area contributed by atoms with Crippen molar-refractivity contribution >= 4 is 13.3 Å². The highest BCUT2D eigenvalue weighted by atomic mass is 16.5. The van der Waals surface area contributed by atoms with Crippen molar-refractivity contribution in [2.24, 2.45) is 0 Å². The zero-order chi connectivity index (χ0) is 9.47. The molecule has 1 aromatic rings. The van der Waals surface area contributed by atoms with Gasteiger partial charge in [0.05, 0.1) is 0 Å². The summed E-state index contributed by atoms with van der Waals surface area (Å²) in [5, 5.41) is 0.